The molecule has 0 aliphatic carbocycles. The fraction of sp³-hybridized carbons (Fsp3) is 0.400. The summed E-state index contributed by atoms with van der Waals surface area (Å²) in [5.74, 6) is -2.13. The van der Waals surface area contributed by atoms with Crippen molar-refractivity contribution in [2.24, 2.45) is 0 Å². The van der Waals surface area contributed by atoms with Crippen molar-refractivity contribution < 1.29 is 32.2 Å². The van der Waals surface area contributed by atoms with Gasteiger partial charge in [0, 0.05) is 5.33 Å². The minimum absolute atomic E-state index is 0.134. The van der Waals surface area contributed by atoms with Gasteiger partial charge in [-0.1, -0.05) is 15.9 Å². The van der Waals surface area contributed by atoms with Gasteiger partial charge in [-0.2, -0.15) is 0 Å². The van der Waals surface area contributed by atoms with Crippen LogP contribution in [0.4, 0.5) is 13.2 Å². The Balaban J connectivity index is 3.39. The molecule has 0 unspecified atom stereocenters. The molecule has 0 aliphatic rings. The molecule has 5 nitrogen and oxygen atoms in total. The van der Waals surface area contributed by atoms with Crippen LogP contribution in [-0.2, 0) is 10.1 Å². The number of nitrogens with zero attached hydrogens (tertiary/aromatic N) is 1. The second-order valence-electron chi connectivity index (χ2n) is 3.17. The van der Waals surface area contributed by atoms with E-state index in [-0.39, 0.29) is 16.6 Å². The maximum Gasteiger partial charge on any atom is 0.574 e. The third-order valence-corrected chi connectivity index (χ3v) is 2.53. The quantitative estimate of drug-likeness (QED) is 0.621. The van der Waals surface area contributed by atoms with E-state index in [1.165, 1.54) is 6.07 Å². The van der Waals surface area contributed by atoms with Gasteiger partial charge in [0.2, 0.25) is 0 Å². The van der Waals surface area contributed by atoms with Crippen LogP contribution in [0.25, 0.3) is 0 Å². The third-order valence-electron chi connectivity index (χ3n) is 1.95. The van der Waals surface area contributed by atoms with E-state index < -0.39 is 24.0 Å². The number of halogens is 4. The second-order valence-corrected chi connectivity index (χ2v) is 3.73. The lowest BCUT2D eigenvalue weighted by Crippen LogP contribution is -2.20. The zero-order valence-electron chi connectivity index (χ0n) is 9.88. The highest BCUT2D eigenvalue weighted by atomic mass is 79.9. The average molecular weight is 344 g/mol. The Bertz CT molecular complexity index is 479. The molecule has 0 atom stereocenters. The summed E-state index contributed by atoms with van der Waals surface area (Å²) in [6, 6.07) is 1.25. The highest BCUT2D eigenvalue weighted by molar-refractivity contribution is 9.08. The normalized spacial score (nSPS) is 11.1. The van der Waals surface area contributed by atoms with Gasteiger partial charge in [-0.3, -0.25) is 0 Å². The molecule has 0 spiro atoms. The first-order chi connectivity index (χ1) is 8.82. The molecule has 1 aromatic rings. The van der Waals surface area contributed by atoms with Crippen LogP contribution in [0, 0.1) is 0 Å². The maximum absolute atomic E-state index is 12.3. The number of methoxy groups -OCH3 is 2. The summed E-state index contributed by atoms with van der Waals surface area (Å²) in [6.07, 6.45) is -4.95. The lowest BCUT2D eigenvalue weighted by molar-refractivity contribution is -0.276. The smallest absolute Gasteiger partial charge is 0.491 e. The molecule has 0 saturated heterocycles. The topological polar surface area (TPSA) is 57.7 Å². The summed E-state index contributed by atoms with van der Waals surface area (Å²) >= 11 is 3.03. The fourth-order valence-corrected chi connectivity index (χ4v) is 1.55. The van der Waals surface area contributed by atoms with E-state index in [1.54, 1.807) is 0 Å². The molecule has 1 heterocycles. The molecule has 0 aromatic carbocycles. The Morgan fingerprint density at radius 3 is 2.47 bits per heavy atom. The first-order valence-electron chi connectivity index (χ1n) is 4.80. The molecule has 0 saturated carbocycles. The van der Waals surface area contributed by atoms with Crippen LogP contribution in [0.3, 0.4) is 0 Å². The highest BCUT2D eigenvalue weighted by Crippen LogP contribution is 2.34. The van der Waals surface area contributed by atoms with Gasteiger partial charge in [0.1, 0.15) is 5.56 Å². The summed E-state index contributed by atoms with van der Waals surface area (Å²) < 4.78 is 49.7. The number of alkyl halides is 4. The Kier molecular flexibility index (Phi) is 4.98. The van der Waals surface area contributed by atoms with Crippen LogP contribution >= 0.6 is 15.9 Å². The van der Waals surface area contributed by atoms with E-state index in [0.717, 1.165) is 14.2 Å². The molecular weight excluding hydrogens is 335 g/mol. The van der Waals surface area contributed by atoms with E-state index in [0.29, 0.717) is 0 Å². The van der Waals surface area contributed by atoms with Gasteiger partial charge in [0.05, 0.1) is 19.9 Å². The number of carbonyl (C=O) groups is 1. The zero-order valence-corrected chi connectivity index (χ0v) is 11.5. The van der Waals surface area contributed by atoms with Crippen molar-refractivity contribution in [2.45, 2.75) is 11.7 Å². The molecule has 0 bridgehead atoms. The molecular formula is C10H9BrF3NO4. The van der Waals surface area contributed by atoms with Gasteiger partial charge < -0.3 is 14.2 Å². The molecule has 0 radical (unpaired) electrons. The first kappa shape index (κ1) is 15.5. The lowest BCUT2D eigenvalue weighted by Gasteiger charge is -2.14. The first-order valence-corrected chi connectivity index (χ1v) is 5.92. The van der Waals surface area contributed by atoms with Gasteiger partial charge in [-0.05, 0) is 6.07 Å². The predicted octanol–water partition coefficient (Wildman–Crippen LogP) is 2.67. The van der Waals surface area contributed by atoms with Gasteiger partial charge in [-0.25, -0.2) is 9.78 Å². The number of hydrogen-bond donors (Lipinski definition) is 0. The monoisotopic (exact) mass is 343 g/mol. The van der Waals surface area contributed by atoms with E-state index in [4.69, 9.17) is 4.74 Å². The number of hydrogen-bond acceptors (Lipinski definition) is 5. The Morgan fingerprint density at radius 1 is 1.42 bits per heavy atom. The van der Waals surface area contributed by atoms with E-state index >= 15 is 0 Å². The predicted molar refractivity (Wildman–Crippen MR) is 61.4 cm³/mol. The van der Waals surface area contributed by atoms with Crippen molar-refractivity contribution in [1.29, 1.82) is 0 Å². The summed E-state index contributed by atoms with van der Waals surface area (Å²) in [7, 11) is 2.20. The fourth-order valence-electron chi connectivity index (χ4n) is 1.27. The molecule has 0 aliphatic heterocycles. The van der Waals surface area contributed by atoms with Crippen LogP contribution in [0.15, 0.2) is 6.07 Å². The average Bonchev–Trinajstić information content (AvgIpc) is 2.34. The Hall–Kier alpha value is -1.51. The molecule has 0 N–H and O–H groups in total. The standard InChI is InChI=1S/C10H9BrF3NO4/c1-17-7-6(9(16)18-2)3-5(4-11)15-8(7)19-10(12,13)14/h3H,4H2,1-2H3. The van der Waals surface area contributed by atoms with Crippen molar-refractivity contribution in [3.63, 3.8) is 0 Å². The van der Waals surface area contributed by atoms with Gasteiger partial charge in [0.25, 0.3) is 5.88 Å². The number of aromatic nitrogens is 1. The van der Waals surface area contributed by atoms with E-state index in [2.05, 4.69) is 30.4 Å². The number of pyridine rings is 1. The molecule has 0 amide bonds. The van der Waals surface area contributed by atoms with Crippen molar-refractivity contribution in [2.75, 3.05) is 14.2 Å². The summed E-state index contributed by atoms with van der Waals surface area (Å²) in [4.78, 5) is 15.1. The molecule has 9 heteroatoms. The second kappa shape index (κ2) is 6.09. The molecule has 106 valence electrons. The van der Waals surface area contributed by atoms with Crippen molar-refractivity contribution >= 4 is 21.9 Å². The van der Waals surface area contributed by atoms with Crippen molar-refractivity contribution in [3.05, 3.63) is 17.3 Å². The van der Waals surface area contributed by atoms with Crippen molar-refractivity contribution in [3.8, 4) is 11.6 Å². The molecule has 19 heavy (non-hydrogen) atoms. The zero-order chi connectivity index (χ0) is 14.6. The summed E-state index contributed by atoms with van der Waals surface area (Å²) in [6.45, 7) is 0. The van der Waals surface area contributed by atoms with Gasteiger partial charge in [-0.15, -0.1) is 13.2 Å². The van der Waals surface area contributed by atoms with Crippen LogP contribution < -0.4 is 9.47 Å². The van der Waals surface area contributed by atoms with Gasteiger partial charge in [0.15, 0.2) is 5.75 Å². The largest absolute Gasteiger partial charge is 0.574 e. The van der Waals surface area contributed by atoms with Crippen molar-refractivity contribution in [1.82, 2.24) is 4.98 Å². The third kappa shape index (κ3) is 3.98. The van der Waals surface area contributed by atoms with E-state index in [9.17, 15) is 18.0 Å². The van der Waals surface area contributed by atoms with Gasteiger partial charge >= 0.3 is 12.3 Å². The minimum Gasteiger partial charge on any atom is -0.491 e. The number of rotatable bonds is 4. The SMILES string of the molecule is COC(=O)c1cc(CBr)nc(OC(F)(F)F)c1OC. The van der Waals surface area contributed by atoms with E-state index in [1.807, 2.05) is 0 Å². The van der Waals surface area contributed by atoms with Crippen LogP contribution in [0.5, 0.6) is 11.6 Å². The lowest BCUT2D eigenvalue weighted by atomic mass is 10.2. The Morgan fingerprint density at radius 2 is 2.05 bits per heavy atom. The molecule has 1 aromatic heterocycles. The maximum atomic E-state index is 12.3. The number of ether oxygens (including phenoxy) is 3. The van der Waals surface area contributed by atoms with Crippen LogP contribution in [0.1, 0.15) is 16.1 Å². The minimum atomic E-state index is -4.95. The summed E-state index contributed by atoms with van der Waals surface area (Å²) in [5.41, 5.74) is -0.0332. The summed E-state index contributed by atoms with van der Waals surface area (Å²) in [5, 5.41) is 0.134. The number of carbonyl (C=O) groups excluding carboxylic acids is 1. The number of esters is 1. The van der Waals surface area contributed by atoms with Crippen LogP contribution in [0.2, 0.25) is 0 Å². The molecule has 1 rings (SSSR count). The highest BCUT2D eigenvalue weighted by Gasteiger charge is 2.35. The Labute approximate surface area is 114 Å². The van der Waals surface area contributed by atoms with Crippen LogP contribution in [-0.4, -0.2) is 31.5 Å². The molecule has 0 fully saturated rings.